The van der Waals surface area contributed by atoms with Gasteiger partial charge >= 0.3 is 0 Å². The van der Waals surface area contributed by atoms with Gasteiger partial charge in [-0.05, 0) is 63.8 Å². The Bertz CT molecular complexity index is 279. The van der Waals surface area contributed by atoms with Crippen molar-refractivity contribution >= 4 is 0 Å². The van der Waals surface area contributed by atoms with Gasteiger partial charge in [0, 0.05) is 24.7 Å². The molecule has 0 aromatic rings. The zero-order valence-electron chi connectivity index (χ0n) is 13.7. The molecule has 3 unspecified atom stereocenters. The first-order valence-corrected chi connectivity index (χ1v) is 8.36. The Morgan fingerprint density at radius 2 is 2.00 bits per heavy atom. The standard InChI is InChI=1S/C17H34N2/c1-13(2)19(12-15-7-6-8-18-15)16-9-14(3)10-17(4,5)11-16/h13-16,18H,6-12H2,1-5H3. The molecule has 0 aromatic carbocycles. The van der Waals surface area contributed by atoms with Crippen molar-refractivity contribution in [3.8, 4) is 0 Å². The molecule has 2 nitrogen and oxygen atoms in total. The van der Waals surface area contributed by atoms with E-state index in [0.717, 1.165) is 18.0 Å². The van der Waals surface area contributed by atoms with Gasteiger partial charge in [0.1, 0.15) is 0 Å². The minimum absolute atomic E-state index is 0.526. The molecule has 1 heterocycles. The van der Waals surface area contributed by atoms with Gasteiger partial charge < -0.3 is 5.32 Å². The highest BCUT2D eigenvalue weighted by atomic mass is 15.2. The number of hydrogen-bond acceptors (Lipinski definition) is 2. The summed E-state index contributed by atoms with van der Waals surface area (Å²) in [4.78, 5) is 2.79. The van der Waals surface area contributed by atoms with Crippen LogP contribution < -0.4 is 5.32 Å². The molecule has 0 spiro atoms. The topological polar surface area (TPSA) is 15.3 Å². The van der Waals surface area contributed by atoms with Crippen molar-refractivity contribution in [2.75, 3.05) is 13.1 Å². The van der Waals surface area contributed by atoms with E-state index in [-0.39, 0.29) is 0 Å². The molecule has 1 aliphatic heterocycles. The summed E-state index contributed by atoms with van der Waals surface area (Å²) < 4.78 is 0. The second-order valence-electron chi connectivity index (χ2n) is 8.15. The van der Waals surface area contributed by atoms with Gasteiger partial charge in [-0.2, -0.15) is 0 Å². The third-order valence-electron chi connectivity index (χ3n) is 5.09. The average molecular weight is 266 g/mol. The highest BCUT2D eigenvalue weighted by Crippen LogP contribution is 2.41. The molecule has 0 bridgehead atoms. The van der Waals surface area contributed by atoms with Crippen LogP contribution >= 0.6 is 0 Å². The molecule has 19 heavy (non-hydrogen) atoms. The lowest BCUT2D eigenvalue weighted by molar-refractivity contribution is 0.0426. The van der Waals surface area contributed by atoms with Gasteiger partial charge in [-0.25, -0.2) is 0 Å². The van der Waals surface area contributed by atoms with Crippen LogP contribution in [0.3, 0.4) is 0 Å². The Labute approximate surface area is 120 Å². The zero-order chi connectivity index (χ0) is 14.0. The fourth-order valence-electron chi connectivity index (χ4n) is 4.50. The predicted molar refractivity (Wildman–Crippen MR) is 83.5 cm³/mol. The molecule has 1 saturated carbocycles. The molecule has 1 saturated heterocycles. The normalized spacial score (nSPS) is 35.2. The molecule has 0 aromatic heterocycles. The number of nitrogens with zero attached hydrogens (tertiary/aromatic N) is 1. The van der Waals surface area contributed by atoms with Crippen LogP contribution in [0.1, 0.15) is 66.7 Å². The van der Waals surface area contributed by atoms with Crippen molar-refractivity contribution in [1.29, 1.82) is 0 Å². The van der Waals surface area contributed by atoms with Gasteiger partial charge in [-0.1, -0.05) is 20.8 Å². The highest BCUT2D eigenvalue weighted by Gasteiger charge is 2.36. The second-order valence-corrected chi connectivity index (χ2v) is 8.15. The number of hydrogen-bond donors (Lipinski definition) is 1. The first kappa shape index (κ1) is 15.3. The maximum atomic E-state index is 3.67. The van der Waals surface area contributed by atoms with Gasteiger partial charge in [0.2, 0.25) is 0 Å². The molecule has 2 aliphatic rings. The largest absolute Gasteiger partial charge is 0.313 e. The van der Waals surface area contributed by atoms with Crippen molar-refractivity contribution < 1.29 is 0 Å². The van der Waals surface area contributed by atoms with Gasteiger partial charge in [-0.3, -0.25) is 4.90 Å². The summed E-state index contributed by atoms with van der Waals surface area (Å²) in [6, 6.07) is 2.21. The van der Waals surface area contributed by atoms with Gasteiger partial charge in [-0.15, -0.1) is 0 Å². The third kappa shape index (κ3) is 4.19. The molecule has 2 fully saturated rings. The summed E-state index contributed by atoms with van der Waals surface area (Å²) >= 11 is 0. The van der Waals surface area contributed by atoms with Crippen LogP contribution in [0, 0.1) is 11.3 Å². The Morgan fingerprint density at radius 1 is 1.26 bits per heavy atom. The molecule has 1 aliphatic carbocycles. The fraction of sp³-hybridized carbons (Fsp3) is 1.00. The smallest absolute Gasteiger partial charge is 0.0195 e. The lowest BCUT2D eigenvalue weighted by Gasteiger charge is -2.46. The maximum absolute atomic E-state index is 3.67. The Balaban J connectivity index is 2.00. The summed E-state index contributed by atoms with van der Waals surface area (Å²) in [5.74, 6) is 0.881. The molecule has 2 rings (SSSR count). The lowest BCUT2D eigenvalue weighted by Crippen LogP contribution is -2.50. The Kier molecular flexibility index (Phi) is 4.94. The van der Waals surface area contributed by atoms with Crippen molar-refractivity contribution in [2.24, 2.45) is 11.3 Å². The summed E-state index contributed by atoms with van der Waals surface area (Å²) in [7, 11) is 0. The van der Waals surface area contributed by atoms with Crippen LogP contribution in [0.2, 0.25) is 0 Å². The molecular formula is C17H34N2. The van der Waals surface area contributed by atoms with Gasteiger partial charge in [0.05, 0.1) is 0 Å². The second kappa shape index (κ2) is 6.13. The molecule has 0 amide bonds. The van der Waals surface area contributed by atoms with E-state index >= 15 is 0 Å². The van der Waals surface area contributed by atoms with Crippen LogP contribution in [0.15, 0.2) is 0 Å². The summed E-state index contributed by atoms with van der Waals surface area (Å²) in [6.07, 6.45) is 6.91. The number of nitrogens with one attached hydrogen (secondary N) is 1. The van der Waals surface area contributed by atoms with E-state index in [1.807, 2.05) is 0 Å². The predicted octanol–water partition coefficient (Wildman–Crippen LogP) is 3.66. The summed E-state index contributed by atoms with van der Waals surface area (Å²) in [5, 5.41) is 3.67. The first-order valence-electron chi connectivity index (χ1n) is 8.36. The summed E-state index contributed by atoms with van der Waals surface area (Å²) in [5.41, 5.74) is 0.526. The molecule has 0 radical (unpaired) electrons. The van der Waals surface area contributed by atoms with E-state index in [1.165, 1.54) is 45.2 Å². The average Bonchev–Trinajstić information content (AvgIpc) is 2.74. The minimum atomic E-state index is 0.526. The van der Waals surface area contributed by atoms with Crippen LogP contribution in [-0.2, 0) is 0 Å². The quantitative estimate of drug-likeness (QED) is 0.835. The fourth-order valence-corrected chi connectivity index (χ4v) is 4.50. The van der Waals surface area contributed by atoms with Crippen molar-refractivity contribution in [2.45, 2.75) is 84.8 Å². The first-order chi connectivity index (χ1) is 8.87. The molecular weight excluding hydrogens is 232 g/mol. The van der Waals surface area contributed by atoms with E-state index in [4.69, 9.17) is 0 Å². The van der Waals surface area contributed by atoms with E-state index in [1.54, 1.807) is 0 Å². The highest BCUT2D eigenvalue weighted by molar-refractivity contribution is 4.91. The SMILES string of the molecule is CC1CC(N(CC2CCCN2)C(C)C)CC(C)(C)C1. The van der Waals surface area contributed by atoms with E-state index < -0.39 is 0 Å². The van der Waals surface area contributed by atoms with Crippen LogP contribution in [0.4, 0.5) is 0 Å². The van der Waals surface area contributed by atoms with Crippen molar-refractivity contribution in [3.05, 3.63) is 0 Å². The molecule has 2 heteroatoms. The monoisotopic (exact) mass is 266 g/mol. The Hall–Kier alpha value is -0.0800. The Morgan fingerprint density at radius 3 is 2.53 bits per heavy atom. The van der Waals surface area contributed by atoms with Crippen molar-refractivity contribution in [3.63, 3.8) is 0 Å². The minimum Gasteiger partial charge on any atom is -0.313 e. The van der Waals surface area contributed by atoms with Crippen LogP contribution in [0.5, 0.6) is 0 Å². The third-order valence-corrected chi connectivity index (χ3v) is 5.09. The van der Waals surface area contributed by atoms with E-state index in [9.17, 15) is 0 Å². The van der Waals surface area contributed by atoms with E-state index in [2.05, 4.69) is 44.8 Å². The van der Waals surface area contributed by atoms with Crippen LogP contribution in [-0.4, -0.2) is 36.1 Å². The lowest BCUT2D eigenvalue weighted by atomic mass is 9.70. The number of rotatable bonds is 4. The zero-order valence-corrected chi connectivity index (χ0v) is 13.7. The summed E-state index contributed by atoms with van der Waals surface area (Å²) in [6.45, 7) is 14.6. The molecule has 112 valence electrons. The van der Waals surface area contributed by atoms with E-state index in [0.29, 0.717) is 11.5 Å². The maximum Gasteiger partial charge on any atom is 0.0195 e. The molecule has 3 atom stereocenters. The van der Waals surface area contributed by atoms with Gasteiger partial charge in [0.25, 0.3) is 0 Å². The van der Waals surface area contributed by atoms with Gasteiger partial charge in [0.15, 0.2) is 0 Å². The molecule has 1 N–H and O–H groups in total. The van der Waals surface area contributed by atoms with Crippen LogP contribution in [0.25, 0.3) is 0 Å². The van der Waals surface area contributed by atoms with Crippen molar-refractivity contribution in [1.82, 2.24) is 10.2 Å².